The molecule has 0 aliphatic heterocycles. The molecule has 76 valence electrons. The van der Waals surface area contributed by atoms with Gasteiger partial charge in [-0.25, -0.2) is 8.78 Å². The molecule has 2 aliphatic rings. The molecule has 1 N–H and O–H groups in total. The molecule has 0 radical (unpaired) electrons. The van der Waals surface area contributed by atoms with Crippen molar-refractivity contribution in [2.75, 3.05) is 0 Å². The highest BCUT2D eigenvalue weighted by Gasteiger charge is 2.71. The van der Waals surface area contributed by atoms with Gasteiger partial charge in [-0.15, -0.1) is 0 Å². The average molecular weight is 217 g/mol. The quantitative estimate of drug-likeness (QED) is 0.731. The SMILES string of the molecule is FC1(F)C2CC(n3cn[nH]c3=S)CC21. The zero-order valence-electron chi connectivity index (χ0n) is 7.28. The molecule has 2 fully saturated rings. The first-order chi connectivity index (χ1) is 6.60. The second-order valence-corrected chi connectivity index (χ2v) is 4.47. The van der Waals surface area contributed by atoms with Crippen LogP contribution in [0.1, 0.15) is 18.9 Å². The predicted molar refractivity (Wildman–Crippen MR) is 47.6 cm³/mol. The average Bonchev–Trinajstić information content (AvgIpc) is 2.61. The smallest absolute Gasteiger partial charge is 0.254 e. The number of nitrogens with one attached hydrogen (secondary N) is 1. The Labute approximate surface area is 84.1 Å². The summed E-state index contributed by atoms with van der Waals surface area (Å²) in [5.74, 6) is -3.23. The molecule has 0 aromatic carbocycles. The number of aromatic amines is 1. The molecule has 2 unspecified atom stereocenters. The Morgan fingerprint density at radius 3 is 2.64 bits per heavy atom. The number of aromatic nitrogens is 3. The van der Waals surface area contributed by atoms with Crippen LogP contribution in [0.4, 0.5) is 8.78 Å². The summed E-state index contributed by atoms with van der Waals surface area (Å²) in [5, 5.41) is 6.42. The van der Waals surface area contributed by atoms with Crippen LogP contribution in [0.2, 0.25) is 0 Å². The second-order valence-electron chi connectivity index (χ2n) is 4.08. The molecule has 0 saturated heterocycles. The Morgan fingerprint density at radius 1 is 1.50 bits per heavy atom. The molecule has 1 heterocycles. The van der Waals surface area contributed by atoms with E-state index in [9.17, 15) is 8.78 Å². The Balaban J connectivity index is 1.82. The molecule has 2 aliphatic carbocycles. The molecule has 14 heavy (non-hydrogen) atoms. The molecular formula is C8H9F2N3S. The van der Waals surface area contributed by atoms with E-state index in [1.54, 1.807) is 10.9 Å². The van der Waals surface area contributed by atoms with Gasteiger partial charge in [-0.05, 0) is 25.1 Å². The minimum Gasteiger partial charge on any atom is -0.304 e. The lowest BCUT2D eigenvalue weighted by molar-refractivity contribution is 0.0647. The van der Waals surface area contributed by atoms with E-state index < -0.39 is 17.8 Å². The minimum atomic E-state index is -2.40. The van der Waals surface area contributed by atoms with Gasteiger partial charge in [0.1, 0.15) is 6.33 Å². The zero-order chi connectivity index (χ0) is 9.92. The van der Waals surface area contributed by atoms with Gasteiger partial charge < -0.3 is 4.57 Å². The summed E-state index contributed by atoms with van der Waals surface area (Å²) >= 11 is 4.99. The third-order valence-electron chi connectivity index (χ3n) is 3.39. The fourth-order valence-electron chi connectivity index (χ4n) is 2.53. The second kappa shape index (κ2) is 2.42. The Kier molecular flexibility index (Phi) is 1.47. The number of rotatable bonds is 1. The molecule has 1 aromatic heterocycles. The lowest BCUT2D eigenvalue weighted by atomic mass is 10.1. The maximum atomic E-state index is 12.9. The summed E-state index contributed by atoms with van der Waals surface area (Å²) in [5.41, 5.74) is 0. The van der Waals surface area contributed by atoms with Gasteiger partial charge in [-0.2, -0.15) is 5.10 Å². The Morgan fingerprint density at radius 2 is 2.14 bits per heavy atom. The first kappa shape index (κ1) is 8.52. The van der Waals surface area contributed by atoms with Crippen molar-refractivity contribution in [3.63, 3.8) is 0 Å². The van der Waals surface area contributed by atoms with Crippen molar-refractivity contribution >= 4 is 12.2 Å². The Bertz CT molecular complexity index is 410. The Hall–Kier alpha value is -0.780. The molecule has 0 spiro atoms. The van der Waals surface area contributed by atoms with Gasteiger partial charge in [0, 0.05) is 17.9 Å². The monoisotopic (exact) mass is 217 g/mol. The third-order valence-corrected chi connectivity index (χ3v) is 3.69. The van der Waals surface area contributed by atoms with Crippen molar-refractivity contribution < 1.29 is 8.78 Å². The highest BCUT2D eigenvalue weighted by molar-refractivity contribution is 7.71. The third kappa shape index (κ3) is 0.945. The molecule has 2 atom stereocenters. The maximum Gasteiger partial charge on any atom is 0.254 e. The van der Waals surface area contributed by atoms with Gasteiger partial charge >= 0.3 is 0 Å². The molecule has 3 nitrogen and oxygen atoms in total. The van der Waals surface area contributed by atoms with Crippen LogP contribution in [0.15, 0.2) is 6.33 Å². The van der Waals surface area contributed by atoms with Gasteiger partial charge in [-0.3, -0.25) is 5.10 Å². The molecule has 2 saturated carbocycles. The number of H-pyrrole nitrogens is 1. The summed E-state index contributed by atoms with van der Waals surface area (Å²) in [6.07, 6.45) is 2.66. The van der Waals surface area contributed by atoms with Crippen LogP contribution in [0, 0.1) is 16.6 Å². The van der Waals surface area contributed by atoms with Crippen LogP contribution in [0.5, 0.6) is 0 Å². The number of nitrogens with zero attached hydrogens (tertiary/aromatic N) is 2. The topological polar surface area (TPSA) is 33.6 Å². The largest absolute Gasteiger partial charge is 0.304 e. The zero-order valence-corrected chi connectivity index (χ0v) is 8.10. The summed E-state index contributed by atoms with van der Waals surface area (Å²) in [7, 11) is 0. The van der Waals surface area contributed by atoms with Crippen molar-refractivity contribution in [1.82, 2.24) is 14.8 Å². The van der Waals surface area contributed by atoms with Crippen molar-refractivity contribution in [2.24, 2.45) is 11.8 Å². The molecular weight excluding hydrogens is 208 g/mol. The van der Waals surface area contributed by atoms with Gasteiger partial charge in [0.25, 0.3) is 5.92 Å². The molecule has 1 aromatic rings. The molecule has 0 bridgehead atoms. The van der Waals surface area contributed by atoms with E-state index in [-0.39, 0.29) is 6.04 Å². The fourth-order valence-corrected chi connectivity index (χ4v) is 2.78. The van der Waals surface area contributed by atoms with Gasteiger partial charge in [-0.1, -0.05) is 0 Å². The first-order valence-electron chi connectivity index (χ1n) is 4.60. The van der Waals surface area contributed by atoms with Crippen LogP contribution in [0.25, 0.3) is 0 Å². The van der Waals surface area contributed by atoms with E-state index in [4.69, 9.17) is 12.2 Å². The first-order valence-corrected chi connectivity index (χ1v) is 5.01. The predicted octanol–water partition coefficient (Wildman–Crippen LogP) is 2.16. The number of alkyl halides is 2. The van der Waals surface area contributed by atoms with E-state index in [0.29, 0.717) is 17.6 Å². The van der Waals surface area contributed by atoms with E-state index in [0.717, 1.165) is 0 Å². The van der Waals surface area contributed by atoms with Crippen molar-refractivity contribution in [1.29, 1.82) is 0 Å². The highest BCUT2D eigenvalue weighted by Crippen LogP contribution is 2.66. The molecule has 3 rings (SSSR count). The standard InChI is InChI=1S/C8H9F2N3S/c9-8(10)5-1-4(2-6(5)8)13-3-11-12-7(13)14/h3-6H,1-2H2,(H,12,14). The van der Waals surface area contributed by atoms with Crippen molar-refractivity contribution in [3.05, 3.63) is 11.1 Å². The van der Waals surface area contributed by atoms with Crippen molar-refractivity contribution in [2.45, 2.75) is 24.8 Å². The number of halogens is 2. The summed E-state index contributed by atoms with van der Waals surface area (Å²) in [4.78, 5) is 0. The number of hydrogen-bond acceptors (Lipinski definition) is 2. The van der Waals surface area contributed by atoms with Crippen LogP contribution < -0.4 is 0 Å². The highest BCUT2D eigenvalue weighted by atomic mass is 32.1. The van der Waals surface area contributed by atoms with Crippen LogP contribution in [0.3, 0.4) is 0 Å². The minimum absolute atomic E-state index is 0.121. The summed E-state index contributed by atoms with van der Waals surface area (Å²) in [6, 6.07) is 0.121. The maximum absolute atomic E-state index is 12.9. The normalized spacial score (nSPS) is 38.3. The lowest BCUT2D eigenvalue weighted by Gasteiger charge is -2.14. The number of fused-ring (bicyclic) bond motifs is 1. The molecule has 0 amide bonds. The van der Waals surface area contributed by atoms with E-state index >= 15 is 0 Å². The van der Waals surface area contributed by atoms with E-state index in [1.165, 1.54) is 0 Å². The summed E-state index contributed by atoms with van der Waals surface area (Å²) < 4.78 is 28.1. The van der Waals surface area contributed by atoms with E-state index in [2.05, 4.69) is 10.2 Å². The van der Waals surface area contributed by atoms with Gasteiger partial charge in [0.05, 0.1) is 0 Å². The fraction of sp³-hybridized carbons (Fsp3) is 0.750. The molecule has 6 heteroatoms. The van der Waals surface area contributed by atoms with Crippen LogP contribution in [-0.2, 0) is 0 Å². The van der Waals surface area contributed by atoms with Crippen LogP contribution >= 0.6 is 12.2 Å². The van der Waals surface area contributed by atoms with E-state index in [1.807, 2.05) is 0 Å². The lowest BCUT2D eigenvalue weighted by Crippen LogP contribution is -2.12. The number of hydrogen-bond donors (Lipinski definition) is 1. The van der Waals surface area contributed by atoms with Gasteiger partial charge in [0.15, 0.2) is 4.77 Å². The van der Waals surface area contributed by atoms with Crippen LogP contribution in [-0.4, -0.2) is 20.7 Å². The van der Waals surface area contributed by atoms with Crippen molar-refractivity contribution in [3.8, 4) is 0 Å². The van der Waals surface area contributed by atoms with Gasteiger partial charge in [0.2, 0.25) is 0 Å². The summed E-state index contributed by atoms with van der Waals surface area (Å²) in [6.45, 7) is 0.